The Morgan fingerprint density at radius 3 is 2.85 bits per heavy atom. The highest BCUT2D eigenvalue weighted by Crippen LogP contribution is 2.36. The van der Waals surface area contributed by atoms with E-state index in [0.29, 0.717) is 18.1 Å². The number of hydrogen-bond acceptors (Lipinski definition) is 6. The van der Waals surface area contributed by atoms with Gasteiger partial charge in [-0.05, 0) is 13.3 Å². The van der Waals surface area contributed by atoms with Crippen molar-refractivity contribution < 1.29 is 28.1 Å². The van der Waals surface area contributed by atoms with E-state index < -0.39 is 0 Å². The van der Waals surface area contributed by atoms with Gasteiger partial charge in [-0.15, -0.1) is 0 Å². The normalized spacial score (nSPS) is 36.2. The van der Waals surface area contributed by atoms with Gasteiger partial charge in [0.05, 0.1) is 19.5 Å². The van der Waals surface area contributed by atoms with Gasteiger partial charge in [-0.2, -0.15) is 0 Å². The average Bonchev–Trinajstić information content (AvgIpc) is 3.10. The van der Waals surface area contributed by atoms with Crippen molar-refractivity contribution in [3.63, 3.8) is 0 Å². The maximum absolute atomic E-state index is 5.95. The Hall–Kier alpha value is -1.08. The van der Waals surface area contributed by atoms with E-state index in [1.165, 1.54) is 0 Å². The van der Waals surface area contributed by atoms with Gasteiger partial charge in [-0.1, -0.05) is 6.92 Å². The minimum Gasteiger partial charge on any atom is -0.493 e. The molecule has 5 atom stereocenters. The lowest BCUT2D eigenvalue weighted by molar-refractivity contribution is -0.168. The van der Waals surface area contributed by atoms with Crippen molar-refractivity contribution in [1.82, 2.24) is 0 Å². The minimum atomic E-state index is -0.335. The van der Waals surface area contributed by atoms with E-state index in [1.54, 1.807) is 19.4 Å². The molecule has 2 aliphatic rings. The highest BCUT2D eigenvalue weighted by Gasteiger charge is 2.51. The highest BCUT2D eigenvalue weighted by molar-refractivity contribution is 5.23. The lowest BCUT2D eigenvalue weighted by Crippen LogP contribution is -2.34. The first-order chi connectivity index (χ1) is 9.72. The summed E-state index contributed by atoms with van der Waals surface area (Å²) in [6, 6.07) is 1.77. The molecular weight excluding hydrogens is 264 g/mol. The molecule has 1 aromatic heterocycles. The minimum absolute atomic E-state index is 0.0292. The molecule has 1 unspecified atom stereocenters. The third-order valence-electron chi connectivity index (χ3n) is 3.68. The van der Waals surface area contributed by atoms with Crippen LogP contribution in [0.2, 0.25) is 0 Å². The third kappa shape index (κ3) is 2.44. The summed E-state index contributed by atoms with van der Waals surface area (Å²) >= 11 is 0. The first-order valence-corrected chi connectivity index (χ1v) is 6.91. The smallest absolute Gasteiger partial charge is 0.189 e. The second-order valence-electron chi connectivity index (χ2n) is 4.94. The summed E-state index contributed by atoms with van der Waals surface area (Å²) in [6.07, 6.45) is 1.46. The molecule has 3 heterocycles. The Labute approximate surface area is 117 Å². The number of methoxy groups -OCH3 is 1. The van der Waals surface area contributed by atoms with E-state index in [-0.39, 0.29) is 30.9 Å². The van der Waals surface area contributed by atoms with Crippen LogP contribution in [-0.4, -0.2) is 38.0 Å². The molecule has 0 aromatic carbocycles. The monoisotopic (exact) mass is 284 g/mol. The molecule has 0 saturated carbocycles. The van der Waals surface area contributed by atoms with Crippen LogP contribution in [0.4, 0.5) is 0 Å². The van der Waals surface area contributed by atoms with E-state index >= 15 is 0 Å². The first-order valence-electron chi connectivity index (χ1n) is 6.91. The summed E-state index contributed by atoms with van der Waals surface area (Å²) in [5.74, 6) is 1.35. The zero-order chi connectivity index (χ0) is 14.1. The Kier molecular flexibility index (Phi) is 3.98. The predicted molar refractivity (Wildman–Crippen MR) is 68.2 cm³/mol. The van der Waals surface area contributed by atoms with E-state index in [4.69, 9.17) is 28.1 Å². The molecule has 6 nitrogen and oxygen atoms in total. The van der Waals surface area contributed by atoms with Crippen molar-refractivity contribution in [2.24, 2.45) is 0 Å². The largest absolute Gasteiger partial charge is 0.493 e. The number of hydrogen-bond donors (Lipinski definition) is 0. The number of furan rings is 1. The van der Waals surface area contributed by atoms with Crippen LogP contribution in [0.1, 0.15) is 26.0 Å². The standard InChI is InChI=1S/C14H20O6/c1-4-9-12(13-14(20-9)19-8(2)18-13)17-7-11-10(15-3)5-6-16-11/h5-6,8-9,12-14H,4,7H2,1-3H3/t8?,9-,12+,13-,14+/m1/s1. The molecule has 20 heavy (non-hydrogen) atoms. The molecule has 0 N–H and O–H groups in total. The SMILES string of the molecule is CC[C@H]1O[C@@H]2OC(C)O[C@@H]2[C@H]1OCc1occc1OC. The van der Waals surface area contributed by atoms with Crippen LogP contribution in [0.3, 0.4) is 0 Å². The van der Waals surface area contributed by atoms with Gasteiger partial charge in [0.25, 0.3) is 0 Å². The van der Waals surface area contributed by atoms with Crippen LogP contribution < -0.4 is 4.74 Å². The van der Waals surface area contributed by atoms with E-state index in [2.05, 4.69) is 6.92 Å². The third-order valence-corrected chi connectivity index (χ3v) is 3.68. The fraction of sp³-hybridized carbons (Fsp3) is 0.714. The molecule has 0 radical (unpaired) electrons. The lowest BCUT2D eigenvalue weighted by Gasteiger charge is -2.21. The first kappa shape index (κ1) is 13.9. The van der Waals surface area contributed by atoms with Gasteiger partial charge in [0.15, 0.2) is 24.1 Å². The summed E-state index contributed by atoms with van der Waals surface area (Å²) in [7, 11) is 1.60. The van der Waals surface area contributed by atoms with E-state index in [1.807, 2.05) is 6.92 Å². The Bertz CT molecular complexity index is 445. The molecule has 1 aromatic rings. The zero-order valence-corrected chi connectivity index (χ0v) is 11.9. The molecule has 2 aliphatic heterocycles. The van der Waals surface area contributed by atoms with Crippen LogP contribution in [0.25, 0.3) is 0 Å². The van der Waals surface area contributed by atoms with Crippen LogP contribution in [0.5, 0.6) is 5.75 Å². The van der Waals surface area contributed by atoms with Gasteiger partial charge < -0.3 is 28.1 Å². The summed E-state index contributed by atoms with van der Waals surface area (Å²) in [6.45, 7) is 4.23. The molecule has 2 fully saturated rings. The summed E-state index contributed by atoms with van der Waals surface area (Å²) in [5.41, 5.74) is 0. The van der Waals surface area contributed by atoms with Crippen molar-refractivity contribution in [3.8, 4) is 5.75 Å². The van der Waals surface area contributed by atoms with Gasteiger partial charge >= 0.3 is 0 Å². The number of ether oxygens (including phenoxy) is 5. The second-order valence-corrected chi connectivity index (χ2v) is 4.94. The molecule has 0 spiro atoms. The van der Waals surface area contributed by atoms with Crippen LogP contribution >= 0.6 is 0 Å². The highest BCUT2D eigenvalue weighted by atomic mass is 16.8. The Morgan fingerprint density at radius 1 is 1.25 bits per heavy atom. The maximum Gasteiger partial charge on any atom is 0.189 e. The average molecular weight is 284 g/mol. The fourth-order valence-electron chi connectivity index (χ4n) is 2.71. The quantitative estimate of drug-likeness (QED) is 0.825. The van der Waals surface area contributed by atoms with E-state index in [9.17, 15) is 0 Å². The molecule has 2 saturated heterocycles. The topological polar surface area (TPSA) is 59.3 Å². The van der Waals surface area contributed by atoms with Crippen LogP contribution in [0.15, 0.2) is 16.7 Å². The molecule has 0 amide bonds. The van der Waals surface area contributed by atoms with Crippen molar-refractivity contribution in [2.75, 3.05) is 7.11 Å². The summed E-state index contributed by atoms with van der Waals surface area (Å²) < 4.78 is 33.6. The van der Waals surface area contributed by atoms with Crippen molar-refractivity contribution >= 4 is 0 Å². The lowest BCUT2D eigenvalue weighted by atomic mass is 10.1. The van der Waals surface area contributed by atoms with Gasteiger partial charge in [-0.25, -0.2) is 0 Å². The predicted octanol–water partition coefficient (Wildman–Crippen LogP) is 2.07. The van der Waals surface area contributed by atoms with Crippen molar-refractivity contribution in [2.45, 2.75) is 57.8 Å². The second kappa shape index (κ2) is 5.73. The maximum atomic E-state index is 5.95. The van der Waals surface area contributed by atoms with Gasteiger partial charge in [-0.3, -0.25) is 0 Å². The molecule has 3 rings (SSSR count). The van der Waals surface area contributed by atoms with Gasteiger partial charge in [0.1, 0.15) is 18.8 Å². The van der Waals surface area contributed by atoms with Crippen molar-refractivity contribution in [3.05, 3.63) is 18.1 Å². The molecule has 0 bridgehead atoms. The summed E-state index contributed by atoms with van der Waals surface area (Å²) in [5, 5.41) is 0. The number of fused-ring (bicyclic) bond motifs is 1. The number of rotatable bonds is 5. The summed E-state index contributed by atoms with van der Waals surface area (Å²) in [4.78, 5) is 0. The zero-order valence-electron chi connectivity index (χ0n) is 11.9. The Balaban J connectivity index is 1.65. The van der Waals surface area contributed by atoms with Crippen LogP contribution in [-0.2, 0) is 25.6 Å². The fourth-order valence-corrected chi connectivity index (χ4v) is 2.71. The molecule has 112 valence electrons. The van der Waals surface area contributed by atoms with Crippen LogP contribution in [0, 0.1) is 0 Å². The van der Waals surface area contributed by atoms with E-state index in [0.717, 1.165) is 6.42 Å². The Morgan fingerprint density at radius 2 is 2.10 bits per heavy atom. The molecular formula is C14H20O6. The molecule has 6 heteroatoms. The van der Waals surface area contributed by atoms with Gasteiger partial charge in [0, 0.05) is 6.07 Å². The molecule has 0 aliphatic carbocycles. The van der Waals surface area contributed by atoms with Crippen molar-refractivity contribution in [1.29, 1.82) is 0 Å². The van der Waals surface area contributed by atoms with Gasteiger partial charge in [0.2, 0.25) is 0 Å².